The maximum Gasteiger partial charge on any atom is 0.337 e. The van der Waals surface area contributed by atoms with Crippen molar-refractivity contribution in [2.75, 3.05) is 18.1 Å². The number of hydrogen-bond donors (Lipinski definition) is 2. The van der Waals surface area contributed by atoms with Gasteiger partial charge in [-0.3, -0.25) is 4.79 Å². The number of carbonyl (C=O) groups is 2. The first kappa shape index (κ1) is 12.9. The van der Waals surface area contributed by atoms with E-state index in [1.165, 1.54) is 17.0 Å². The van der Waals surface area contributed by atoms with Gasteiger partial charge in [0.15, 0.2) is 0 Å². The molecule has 0 aliphatic carbocycles. The van der Waals surface area contributed by atoms with Gasteiger partial charge in [-0.2, -0.15) is 0 Å². The number of aliphatic hydroxyl groups excluding tert-OH is 1. The fourth-order valence-electron chi connectivity index (χ4n) is 2.05. The van der Waals surface area contributed by atoms with Gasteiger partial charge in [0.2, 0.25) is 5.91 Å². The highest BCUT2D eigenvalue weighted by molar-refractivity contribution is 6.31. The number of aromatic carboxylic acids is 1. The van der Waals surface area contributed by atoms with E-state index in [1.807, 2.05) is 0 Å². The molecule has 1 aromatic carbocycles. The van der Waals surface area contributed by atoms with Gasteiger partial charge in [0.25, 0.3) is 0 Å². The smallest absolute Gasteiger partial charge is 0.337 e. The number of halogens is 1. The molecule has 1 aromatic rings. The SMILES string of the molecule is O=C(O)c1cc(Cl)ccc1N1CC(CO)CC1=O. The van der Waals surface area contributed by atoms with Gasteiger partial charge in [-0.05, 0) is 18.2 Å². The first-order valence-electron chi connectivity index (χ1n) is 5.47. The third-order valence-corrected chi connectivity index (χ3v) is 3.18. The van der Waals surface area contributed by atoms with Crippen LogP contribution in [-0.4, -0.2) is 35.2 Å². The number of nitrogens with zero attached hydrogens (tertiary/aromatic N) is 1. The molecule has 0 saturated carbocycles. The Bertz CT molecular complexity index is 503. The molecule has 2 N–H and O–H groups in total. The van der Waals surface area contributed by atoms with Crippen molar-refractivity contribution < 1.29 is 19.8 Å². The molecule has 1 aliphatic heterocycles. The Morgan fingerprint density at radius 3 is 2.78 bits per heavy atom. The van der Waals surface area contributed by atoms with Crippen LogP contribution in [0.1, 0.15) is 16.8 Å². The Balaban J connectivity index is 2.39. The molecule has 1 unspecified atom stereocenters. The number of carbonyl (C=O) groups excluding carboxylic acids is 1. The molecule has 96 valence electrons. The third kappa shape index (κ3) is 2.32. The largest absolute Gasteiger partial charge is 0.478 e. The zero-order chi connectivity index (χ0) is 13.3. The molecule has 2 rings (SSSR count). The van der Waals surface area contributed by atoms with Crippen LogP contribution in [0.3, 0.4) is 0 Å². The van der Waals surface area contributed by atoms with Gasteiger partial charge in [0.1, 0.15) is 0 Å². The molecule has 5 nitrogen and oxygen atoms in total. The number of hydrogen-bond acceptors (Lipinski definition) is 3. The van der Waals surface area contributed by atoms with E-state index in [0.717, 1.165) is 0 Å². The minimum Gasteiger partial charge on any atom is -0.478 e. The lowest BCUT2D eigenvalue weighted by Gasteiger charge is -2.18. The summed E-state index contributed by atoms with van der Waals surface area (Å²) < 4.78 is 0. The topological polar surface area (TPSA) is 77.8 Å². The van der Waals surface area contributed by atoms with E-state index in [-0.39, 0.29) is 30.4 Å². The maximum atomic E-state index is 11.8. The van der Waals surface area contributed by atoms with Crippen molar-refractivity contribution in [2.24, 2.45) is 5.92 Å². The van der Waals surface area contributed by atoms with Crippen LogP contribution in [0.2, 0.25) is 5.02 Å². The van der Waals surface area contributed by atoms with Crippen LogP contribution >= 0.6 is 11.6 Å². The second kappa shape index (κ2) is 4.96. The average Bonchev–Trinajstić information content (AvgIpc) is 2.70. The summed E-state index contributed by atoms with van der Waals surface area (Å²) in [6.45, 7) is 0.246. The van der Waals surface area contributed by atoms with Crippen LogP contribution in [0.25, 0.3) is 0 Å². The van der Waals surface area contributed by atoms with Crippen molar-refractivity contribution in [3.63, 3.8) is 0 Å². The van der Waals surface area contributed by atoms with Gasteiger partial charge >= 0.3 is 5.97 Å². The predicted molar refractivity (Wildman–Crippen MR) is 66.0 cm³/mol. The van der Waals surface area contributed by atoms with Gasteiger partial charge in [-0.25, -0.2) is 4.79 Å². The summed E-state index contributed by atoms with van der Waals surface area (Å²) >= 11 is 5.75. The standard InChI is InChI=1S/C12H12ClNO4/c13-8-1-2-10(9(4-8)12(17)18)14-5-7(6-15)3-11(14)16/h1-2,4,7,15H,3,5-6H2,(H,17,18). The summed E-state index contributed by atoms with van der Waals surface area (Å²) in [6.07, 6.45) is 0.234. The second-order valence-electron chi connectivity index (χ2n) is 4.22. The maximum absolute atomic E-state index is 11.8. The van der Waals surface area contributed by atoms with E-state index in [9.17, 15) is 9.59 Å². The molecule has 1 aliphatic rings. The van der Waals surface area contributed by atoms with Gasteiger partial charge in [-0.15, -0.1) is 0 Å². The van der Waals surface area contributed by atoms with E-state index in [0.29, 0.717) is 17.3 Å². The van der Waals surface area contributed by atoms with Crippen molar-refractivity contribution in [3.05, 3.63) is 28.8 Å². The summed E-state index contributed by atoms with van der Waals surface area (Å²) in [4.78, 5) is 24.3. The molecule has 6 heteroatoms. The molecule has 1 heterocycles. The second-order valence-corrected chi connectivity index (χ2v) is 4.66. The molecule has 1 atom stereocenters. The van der Waals surface area contributed by atoms with Gasteiger partial charge < -0.3 is 15.1 Å². The summed E-state index contributed by atoms with van der Waals surface area (Å²) in [5, 5.41) is 18.5. The molecule has 0 spiro atoms. The third-order valence-electron chi connectivity index (χ3n) is 2.94. The minimum absolute atomic E-state index is 0.00515. The molecule has 1 fully saturated rings. The van der Waals surface area contributed by atoms with Crippen LogP contribution in [0.15, 0.2) is 18.2 Å². The van der Waals surface area contributed by atoms with Gasteiger partial charge in [0, 0.05) is 30.5 Å². The molecule has 0 aromatic heterocycles. The van der Waals surface area contributed by atoms with E-state index in [2.05, 4.69) is 0 Å². The van der Waals surface area contributed by atoms with Crippen LogP contribution in [-0.2, 0) is 4.79 Å². The van der Waals surface area contributed by atoms with Crippen molar-refractivity contribution >= 4 is 29.2 Å². The molecular formula is C12H12ClNO4. The number of rotatable bonds is 3. The van der Waals surface area contributed by atoms with E-state index < -0.39 is 5.97 Å². The average molecular weight is 270 g/mol. The molecule has 1 saturated heterocycles. The van der Waals surface area contributed by atoms with Crippen LogP contribution in [0, 0.1) is 5.92 Å². The summed E-state index contributed by atoms with van der Waals surface area (Å²) in [7, 11) is 0. The van der Waals surface area contributed by atoms with Gasteiger partial charge in [0.05, 0.1) is 11.3 Å². The molecule has 18 heavy (non-hydrogen) atoms. The number of carboxylic acids is 1. The Morgan fingerprint density at radius 1 is 1.50 bits per heavy atom. The van der Waals surface area contributed by atoms with Crippen molar-refractivity contribution in [2.45, 2.75) is 6.42 Å². The van der Waals surface area contributed by atoms with E-state index in [1.54, 1.807) is 6.07 Å². The lowest BCUT2D eigenvalue weighted by molar-refractivity contribution is -0.117. The fraction of sp³-hybridized carbons (Fsp3) is 0.333. The van der Waals surface area contributed by atoms with Crippen LogP contribution in [0.5, 0.6) is 0 Å². The monoisotopic (exact) mass is 269 g/mol. The highest BCUT2D eigenvalue weighted by Gasteiger charge is 2.32. The Morgan fingerprint density at radius 2 is 2.22 bits per heavy atom. The van der Waals surface area contributed by atoms with Crippen molar-refractivity contribution in [3.8, 4) is 0 Å². The molecule has 1 amide bonds. The molecular weight excluding hydrogens is 258 g/mol. The van der Waals surface area contributed by atoms with Crippen molar-refractivity contribution in [1.82, 2.24) is 0 Å². The zero-order valence-electron chi connectivity index (χ0n) is 9.47. The Kier molecular flexibility index (Phi) is 3.54. The first-order chi connectivity index (χ1) is 8.52. The minimum atomic E-state index is -1.13. The normalized spacial score (nSPS) is 19.3. The highest BCUT2D eigenvalue weighted by Crippen LogP contribution is 2.29. The quantitative estimate of drug-likeness (QED) is 0.869. The predicted octanol–water partition coefficient (Wildman–Crippen LogP) is 1.38. The Hall–Kier alpha value is -1.59. The number of aliphatic hydroxyl groups is 1. The zero-order valence-corrected chi connectivity index (χ0v) is 10.2. The van der Waals surface area contributed by atoms with Crippen LogP contribution in [0.4, 0.5) is 5.69 Å². The molecule has 0 radical (unpaired) electrons. The Labute approximate surface area is 109 Å². The van der Waals surface area contributed by atoms with E-state index >= 15 is 0 Å². The summed E-state index contributed by atoms with van der Waals surface area (Å²) in [5.74, 6) is -1.46. The molecule has 0 bridgehead atoms. The lowest BCUT2D eigenvalue weighted by atomic mass is 10.1. The van der Waals surface area contributed by atoms with Crippen molar-refractivity contribution in [1.29, 1.82) is 0 Å². The fourth-order valence-corrected chi connectivity index (χ4v) is 2.22. The summed E-state index contributed by atoms with van der Waals surface area (Å²) in [6, 6.07) is 4.38. The number of benzene rings is 1. The van der Waals surface area contributed by atoms with E-state index in [4.69, 9.17) is 21.8 Å². The number of amides is 1. The lowest BCUT2D eigenvalue weighted by Crippen LogP contribution is -2.26. The highest BCUT2D eigenvalue weighted by atomic mass is 35.5. The summed E-state index contributed by atoms with van der Waals surface area (Å²) in [5.41, 5.74) is 0.322. The van der Waals surface area contributed by atoms with Gasteiger partial charge in [-0.1, -0.05) is 11.6 Å². The number of carboxylic acid groups (broad SMARTS) is 1. The number of anilines is 1. The van der Waals surface area contributed by atoms with Crippen LogP contribution < -0.4 is 4.90 Å². The first-order valence-corrected chi connectivity index (χ1v) is 5.84.